The van der Waals surface area contributed by atoms with Gasteiger partial charge in [-0.3, -0.25) is 9.59 Å². The minimum Gasteiger partial charge on any atom is -0.468 e. The summed E-state index contributed by atoms with van der Waals surface area (Å²) in [6, 6.07) is 5.66. The van der Waals surface area contributed by atoms with Crippen molar-refractivity contribution in [3.05, 3.63) is 30.0 Å². The third kappa shape index (κ3) is 1.55. The van der Waals surface area contributed by atoms with Gasteiger partial charge in [-0.15, -0.1) is 0 Å². The molecule has 0 radical (unpaired) electrons. The van der Waals surface area contributed by atoms with Crippen molar-refractivity contribution >= 4 is 28.5 Å². The van der Waals surface area contributed by atoms with Gasteiger partial charge in [0.05, 0.1) is 24.7 Å². The monoisotopic (exact) mass is 244 g/mol. The van der Waals surface area contributed by atoms with Crippen LogP contribution in [0.5, 0.6) is 0 Å². The Morgan fingerprint density at radius 2 is 2.33 bits per heavy atom. The van der Waals surface area contributed by atoms with Crippen molar-refractivity contribution < 1.29 is 14.3 Å². The number of carbonyl (C=O) groups is 2. The number of hydrogen-bond acceptors (Lipinski definition) is 3. The minimum absolute atomic E-state index is 0.0224. The van der Waals surface area contributed by atoms with E-state index in [0.717, 1.165) is 22.2 Å². The number of nitrogens with one attached hydrogen (secondary N) is 1. The zero-order valence-corrected chi connectivity index (χ0v) is 9.90. The van der Waals surface area contributed by atoms with Crippen LogP contribution in [0, 0.1) is 0 Å². The maximum Gasteiger partial charge on any atom is 0.325 e. The van der Waals surface area contributed by atoms with Crippen LogP contribution in [-0.2, 0) is 27.3 Å². The van der Waals surface area contributed by atoms with Gasteiger partial charge in [-0.25, -0.2) is 0 Å². The number of nitrogens with zero attached hydrogens (tertiary/aromatic N) is 1. The predicted molar refractivity (Wildman–Crippen MR) is 66.3 cm³/mol. The van der Waals surface area contributed by atoms with Crippen LogP contribution in [0.15, 0.2) is 24.4 Å². The first kappa shape index (κ1) is 10.8. The summed E-state index contributed by atoms with van der Waals surface area (Å²) in [6.07, 6.45) is 2.20. The average molecular weight is 244 g/mol. The van der Waals surface area contributed by atoms with E-state index in [0.29, 0.717) is 6.42 Å². The molecule has 3 rings (SSSR count). The van der Waals surface area contributed by atoms with E-state index in [1.807, 2.05) is 29.0 Å². The van der Waals surface area contributed by atoms with Crippen LogP contribution in [-0.4, -0.2) is 23.6 Å². The lowest BCUT2D eigenvalue weighted by Crippen LogP contribution is -2.18. The molecule has 0 spiro atoms. The average Bonchev–Trinajstić information content (AvgIpc) is 2.69. The number of rotatable bonds is 2. The number of esters is 1. The van der Waals surface area contributed by atoms with Gasteiger partial charge in [0.1, 0.15) is 6.54 Å². The Labute approximate surface area is 103 Å². The van der Waals surface area contributed by atoms with Crippen LogP contribution in [0.1, 0.15) is 5.56 Å². The molecule has 1 aromatic carbocycles. The first-order valence-corrected chi connectivity index (χ1v) is 5.66. The summed E-state index contributed by atoms with van der Waals surface area (Å²) in [6.45, 7) is 0.157. The Morgan fingerprint density at radius 3 is 3.11 bits per heavy atom. The maximum absolute atomic E-state index is 11.5. The number of aromatic nitrogens is 1. The summed E-state index contributed by atoms with van der Waals surface area (Å²) in [5.41, 5.74) is 2.70. The summed E-state index contributed by atoms with van der Waals surface area (Å²) in [5, 5.41) is 3.85. The Balaban J connectivity index is 2.16. The van der Waals surface area contributed by atoms with Gasteiger partial charge >= 0.3 is 5.97 Å². The molecule has 1 aliphatic rings. The molecule has 1 aromatic heterocycles. The number of carbonyl (C=O) groups excluding carboxylic acids is 2. The highest BCUT2D eigenvalue weighted by Gasteiger charge is 2.21. The smallest absolute Gasteiger partial charge is 0.325 e. The molecule has 5 heteroatoms. The zero-order valence-electron chi connectivity index (χ0n) is 9.90. The highest BCUT2D eigenvalue weighted by atomic mass is 16.5. The molecule has 0 unspecified atom stereocenters. The fraction of sp³-hybridized carbons (Fsp3) is 0.231. The first-order chi connectivity index (χ1) is 8.69. The van der Waals surface area contributed by atoms with Crippen molar-refractivity contribution in [2.45, 2.75) is 13.0 Å². The molecule has 0 fully saturated rings. The Morgan fingerprint density at radius 1 is 1.50 bits per heavy atom. The number of benzene rings is 1. The van der Waals surface area contributed by atoms with E-state index >= 15 is 0 Å². The lowest BCUT2D eigenvalue weighted by molar-refractivity contribution is -0.141. The van der Waals surface area contributed by atoms with Gasteiger partial charge < -0.3 is 14.6 Å². The molecule has 0 bridgehead atoms. The molecular formula is C13H12N2O3. The maximum atomic E-state index is 11.5. The summed E-state index contributed by atoms with van der Waals surface area (Å²) in [5.74, 6) is -0.326. The summed E-state index contributed by atoms with van der Waals surface area (Å²) >= 11 is 0. The molecule has 1 amide bonds. The van der Waals surface area contributed by atoms with Gasteiger partial charge in [-0.05, 0) is 17.7 Å². The highest BCUT2D eigenvalue weighted by molar-refractivity contribution is 6.09. The predicted octanol–water partition coefficient (Wildman–Crippen LogP) is 1.31. The summed E-state index contributed by atoms with van der Waals surface area (Å²) in [4.78, 5) is 22.9. The number of amides is 1. The molecule has 0 saturated heterocycles. The van der Waals surface area contributed by atoms with E-state index in [2.05, 4.69) is 10.1 Å². The third-order valence-corrected chi connectivity index (χ3v) is 3.14. The Bertz CT molecular complexity index is 658. The molecule has 92 valence electrons. The molecule has 0 atom stereocenters. The minimum atomic E-state index is -0.303. The molecule has 1 N–H and O–H groups in total. The number of hydrogen-bond donors (Lipinski definition) is 1. The second kappa shape index (κ2) is 3.87. The Kier molecular flexibility index (Phi) is 2.33. The quantitative estimate of drug-likeness (QED) is 0.810. The lowest BCUT2D eigenvalue weighted by Gasteiger charge is -2.12. The van der Waals surface area contributed by atoms with Gasteiger partial charge in [0.2, 0.25) is 5.91 Å². The van der Waals surface area contributed by atoms with E-state index in [1.165, 1.54) is 7.11 Å². The third-order valence-electron chi connectivity index (χ3n) is 3.14. The normalized spacial score (nSPS) is 13.5. The summed E-state index contributed by atoms with van der Waals surface area (Å²) in [7, 11) is 1.36. The molecule has 2 heterocycles. The molecule has 1 aliphatic heterocycles. The van der Waals surface area contributed by atoms with E-state index in [-0.39, 0.29) is 18.4 Å². The van der Waals surface area contributed by atoms with Crippen molar-refractivity contribution in [2.75, 3.05) is 12.4 Å². The van der Waals surface area contributed by atoms with Crippen molar-refractivity contribution in [2.24, 2.45) is 0 Å². The molecular weight excluding hydrogens is 232 g/mol. The number of ether oxygens (including phenoxy) is 1. The van der Waals surface area contributed by atoms with Crippen molar-refractivity contribution in [3.63, 3.8) is 0 Å². The Hall–Kier alpha value is -2.30. The van der Waals surface area contributed by atoms with Gasteiger partial charge in [0.25, 0.3) is 0 Å². The van der Waals surface area contributed by atoms with Crippen LogP contribution in [0.2, 0.25) is 0 Å². The number of anilines is 1. The topological polar surface area (TPSA) is 60.3 Å². The van der Waals surface area contributed by atoms with E-state index in [4.69, 9.17) is 0 Å². The second-order valence-corrected chi connectivity index (χ2v) is 4.28. The second-order valence-electron chi connectivity index (χ2n) is 4.28. The van der Waals surface area contributed by atoms with Crippen molar-refractivity contribution in [1.29, 1.82) is 0 Å². The molecule has 18 heavy (non-hydrogen) atoms. The van der Waals surface area contributed by atoms with Crippen LogP contribution in [0.25, 0.3) is 10.9 Å². The fourth-order valence-corrected chi connectivity index (χ4v) is 2.38. The van der Waals surface area contributed by atoms with E-state index in [9.17, 15) is 9.59 Å². The van der Waals surface area contributed by atoms with Gasteiger partial charge in [-0.2, -0.15) is 0 Å². The molecule has 2 aromatic rings. The largest absolute Gasteiger partial charge is 0.468 e. The fourth-order valence-electron chi connectivity index (χ4n) is 2.38. The van der Waals surface area contributed by atoms with Crippen LogP contribution < -0.4 is 5.32 Å². The van der Waals surface area contributed by atoms with Crippen molar-refractivity contribution in [3.8, 4) is 0 Å². The molecule has 0 aliphatic carbocycles. The van der Waals surface area contributed by atoms with E-state index in [1.54, 1.807) is 0 Å². The van der Waals surface area contributed by atoms with Crippen LogP contribution in [0.3, 0.4) is 0 Å². The standard InChI is InChI=1S/C13H12N2O3/c1-18-12(17)7-15-6-8-5-11(16)14-9-3-2-4-10(15)13(8)9/h2-4,6H,5,7H2,1H3,(H,14,16). The SMILES string of the molecule is COC(=O)Cn1cc2c3c(cccc31)NC(=O)C2. The van der Waals surface area contributed by atoms with E-state index < -0.39 is 0 Å². The highest BCUT2D eigenvalue weighted by Crippen LogP contribution is 2.32. The van der Waals surface area contributed by atoms with Gasteiger partial charge in [-0.1, -0.05) is 6.07 Å². The van der Waals surface area contributed by atoms with Crippen LogP contribution in [0.4, 0.5) is 5.69 Å². The summed E-state index contributed by atoms with van der Waals surface area (Å²) < 4.78 is 6.49. The van der Waals surface area contributed by atoms with Gasteiger partial charge in [0, 0.05) is 11.6 Å². The zero-order chi connectivity index (χ0) is 12.7. The molecule has 5 nitrogen and oxygen atoms in total. The molecule has 0 saturated carbocycles. The first-order valence-electron chi connectivity index (χ1n) is 5.66. The number of methoxy groups -OCH3 is 1. The van der Waals surface area contributed by atoms with Gasteiger partial charge in [0.15, 0.2) is 0 Å². The van der Waals surface area contributed by atoms with Crippen LogP contribution >= 0.6 is 0 Å². The lowest BCUT2D eigenvalue weighted by atomic mass is 10.0. The van der Waals surface area contributed by atoms with Crippen molar-refractivity contribution in [1.82, 2.24) is 4.57 Å².